The molecule has 1 nitrogen and oxygen atoms in total. The minimum absolute atomic E-state index is 0.00956. The molecule has 98 valence electrons. The summed E-state index contributed by atoms with van der Waals surface area (Å²) in [6.07, 6.45) is 8.80. The third-order valence-corrected chi connectivity index (χ3v) is 4.46. The second kappa shape index (κ2) is 3.47. The topological polar surface area (TPSA) is 17.1 Å². The van der Waals surface area contributed by atoms with Gasteiger partial charge in [-0.2, -0.15) is 0 Å². The van der Waals surface area contributed by atoms with Crippen LogP contribution in [0.15, 0.2) is 18.2 Å². The van der Waals surface area contributed by atoms with Crippen LogP contribution in [0.4, 0.5) is 0 Å². The van der Waals surface area contributed by atoms with E-state index in [1.165, 1.54) is 16.7 Å². The fraction of sp³-hybridized carbons (Fsp3) is 0.389. The molecule has 0 amide bonds. The van der Waals surface area contributed by atoms with Crippen molar-refractivity contribution in [2.24, 2.45) is 0 Å². The third kappa shape index (κ3) is 1.57. The van der Waals surface area contributed by atoms with Crippen LogP contribution in [0.2, 0.25) is 0 Å². The molecule has 3 rings (SSSR count). The highest BCUT2D eigenvalue weighted by Crippen LogP contribution is 2.47. The average molecular weight is 252 g/mol. The Morgan fingerprint density at radius 2 is 1.53 bits per heavy atom. The molecule has 0 bridgehead atoms. The second-order valence-electron chi connectivity index (χ2n) is 6.84. The molecule has 0 saturated heterocycles. The Labute approximate surface area is 115 Å². The fourth-order valence-electron chi connectivity index (χ4n) is 3.34. The summed E-state index contributed by atoms with van der Waals surface area (Å²) in [5.41, 5.74) is 5.94. The molecule has 0 heterocycles. The van der Waals surface area contributed by atoms with E-state index in [1.54, 1.807) is 6.92 Å². The van der Waals surface area contributed by atoms with Crippen molar-refractivity contribution in [3.8, 4) is 0 Å². The van der Waals surface area contributed by atoms with Crippen LogP contribution < -0.4 is 0 Å². The summed E-state index contributed by atoms with van der Waals surface area (Å²) in [7, 11) is 0. The zero-order valence-corrected chi connectivity index (χ0v) is 12.3. The van der Waals surface area contributed by atoms with Crippen LogP contribution in [0.5, 0.6) is 0 Å². The standard InChI is InChI=1S/C18H20O/c1-11(19)14-10-15-13(7-8-17(15,2)3)16-12(14)6-9-18(16,4)5/h6-10H,1-5H3. The molecule has 0 saturated carbocycles. The maximum atomic E-state index is 12.0. The first-order valence-corrected chi connectivity index (χ1v) is 6.85. The summed E-state index contributed by atoms with van der Waals surface area (Å²) in [5, 5.41) is 0. The summed E-state index contributed by atoms with van der Waals surface area (Å²) in [4.78, 5) is 12.0. The van der Waals surface area contributed by atoms with Crippen molar-refractivity contribution in [2.75, 3.05) is 0 Å². The fourth-order valence-corrected chi connectivity index (χ4v) is 3.34. The number of rotatable bonds is 1. The van der Waals surface area contributed by atoms with E-state index < -0.39 is 0 Å². The molecule has 2 aliphatic carbocycles. The summed E-state index contributed by atoms with van der Waals surface area (Å²) < 4.78 is 0. The van der Waals surface area contributed by atoms with Gasteiger partial charge < -0.3 is 0 Å². The van der Waals surface area contributed by atoms with Crippen LogP contribution >= 0.6 is 0 Å². The Morgan fingerprint density at radius 1 is 0.947 bits per heavy atom. The van der Waals surface area contributed by atoms with Gasteiger partial charge in [-0.3, -0.25) is 4.79 Å². The van der Waals surface area contributed by atoms with Crippen molar-refractivity contribution in [1.29, 1.82) is 0 Å². The molecule has 0 aromatic heterocycles. The van der Waals surface area contributed by atoms with E-state index >= 15 is 0 Å². The highest BCUT2D eigenvalue weighted by molar-refractivity contribution is 6.00. The van der Waals surface area contributed by atoms with Crippen LogP contribution in [0, 0.1) is 0 Å². The molecule has 0 atom stereocenters. The number of hydrogen-bond acceptors (Lipinski definition) is 1. The molecule has 0 radical (unpaired) electrons. The van der Waals surface area contributed by atoms with Gasteiger partial charge in [0.1, 0.15) is 0 Å². The van der Waals surface area contributed by atoms with Gasteiger partial charge in [-0.05, 0) is 35.2 Å². The minimum atomic E-state index is 0.00956. The molecule has 0 aliphatic heterocycles. The maximum absolute atomic E-state index is 12.0. The molecular formula is C18H20O. The van der Waals surface area contributed by atoms with Gasteiger partial charge in [-0.15, -0.1) is 0 Å². The van der Waals surface area contributed by atoms with Crippen LogP contribution in [0.1, 0.15) is 67.2 Å². The SMILES string of the molecule is CC(=O)c1cc2c(c3c1C=CC3(C)C)C=CC2(C)C. The Morgan fingerprint density at radius 3 is 2.16 bits per heavy atom. The molecule has 0 fully saturated rings. The number of allylic oxidation sites excluding steroid dienone is 2. The van der Waals surface area contributed by atoms with E-state index in [4.69, 9.17) is 0 Å². The number of ketones is 1. The highest BCUT2D eigenvalue weighted by atomic mass is 16.1. The second-order valence-corrected chi connectivity index (χ2v) is 6.84. The van der Waals surface area contributed by atoms with Gasteiger partial charge in [-0.1, -0.05) is 52.0 Å². The van der Waals surface area contributed by atoms with Crippen molar-refractivity contribution >= 4 is 17.9 Å². The van der Waals surface area contributed by atoms with Gasteiger partial charge in [0.15, 0.2) is 5.78 Å². The van der Waals surface area contributed by atoms with Crippen molar-refractivity contribution in [3.63, 3.8) is 0 Å². The Bertz CT molecular complexity index is 655. The molecule has 2 aliphatic rings. The van der Waals surface area contributed by atoms with E-state index in [9.17, 15) is 4.79 Å². The summed E-state index contributed by atoms with van der Waals surface area (Å²) in [6.45, 7) is 10.5. The summed E-state index contributed by atoms with van der Waals surface area (Å²) in [5.74, 6) is 0.157. The molecule has 1 aromatic carbocycles. The van der Waals surface area contributed by atoms with Gasteiger partial charge in [0, 0.05) is 16.4 Å². The normalized spacial score (nSPS) is 20.5. The van der Waals surface area contributed by atoms with Crippen LogP contribution in [0.25, 0.3) is 12.2 Å². The van der Waals surface area contributed by atoms with Gasteiger partial charge >= 0.3 is 0 Å². The quantitative estimate of drug-likeness (QED) is 0.673. The van der Waals surface area contributed by atoms with Gasteiger partial charge in [0.25, 0.3) is 0 Å². The minimum Gasteiger partial charge on any atom is -0.294 e. The largest absolute Gasteiger partial charge is 0.294 e. The summed E-state index contributed by atoms with van der Waals surface area (Å²) >= 11 is 0. The first-order chi connectivity index (χ1) is 8.74. The maximum Gasteiger partial charge on any atom is 0.160 e. The van der Waals surface area contributed by atoms with Crippen LogP contribution in [-0.2, 0) is 10.8 Å². The lowest BCUT2D eigenvalue weighted by Crippen LogP contribution is -2.18. The summed E-state index contributed by atoms with van der Waals surface area (Å²) in [6, 6.07) is 2.10. The van der Waals surface area contributed by atoms with Gasteiger partial charge in [0.05, 0.1) is 0 Å². The predicted molar refractivity (Wildman–Crippen MR) is 80.6 cm³/mol. The molecule has 19 heavy (non-hydrogen) atoms. The average Bonchev–Trinajstić information content (AvgIpc) is 2.76. The van der Waals surface area contributed by atoms with E-state index in [0.717, 1.165) is 11.1 Å². The molecule has 1 aromatic rings. The van der Waals surface area contributed by atoms with E-state index in [-0.39, 0.29) is 16.6 Å². The number of carbonyl (C=O) groups is 1. The van der Waals surface area contributed by atoms with E-state index in [2.05, 4.69) is 58.1 Å². The molecular weight excluding hydrogens is 232 g/mol. The number of hydrogen-bond donors (Lipinski definition) is 0. The zero-order chi connectivity index (χ0) is 14.0. The lowest BCUT2D eigenvalue weighted by atomic mass is 9.77. The lowest BCUT2D eigenvalue weighted by Gasteiger charge is -2.26. The molecule has 0 N–H and O–H groups in total. The Kier molecular flexibility index (Phi) is 2.27. The number of benzene rings is 1. The van der Waals surface area contributed by atoms with Crippen molar-refractivity contribution in [1.82, 2.24) is 0 Å². The first-order valence-electron chi connectivity index (χ1n) is 6.85. The predicted octanol–water partition coefficient (Wildman–Crippen LogP) is 4.50. The number of carbonyl (C=O) groups excluding carboxylic acids is 1. The third-order valence-electron chi connectivity index (χ3n) is 4.46. The lowest BCUT2D eigenvalue weighted by molar-refractivity contribution is 0.101. The van der Waals surface area contributed by atoms with E-state index in [0.29, 0.717) is 0 Å². The smallest absolute Gasteiger partial charge is 0.160 e. The van der Waals surface area contributed by atoms with Crippen LogP contribution in [0.3, 0.4) is 0 Å². The monoisotopic (exact) mass is 252 g/mol. The molecule has 0 unspecified atom stereocenters. The number of fused-ring (bicyclic) bond motifs is 3. The van der Waals surface area contributed by atoms with Crippen molar-refractivity contribution in [2.45, 2.75) is 45.4 Å². The van der Waals surface area contributed by atoms with Crippen molar-refractivity contribution < 1.29 is 4.79 Å². The van der Waals surface area contributed by atoms with Gasteiger partial charge in [0.2, 0.25) is 0 Å². The first kappa shape index (κ1) is 12.4. The molecule has 1 heteroatoms. The molecule has 0 spiro atoms. The Balaban J connectivity index is 2.41. The highest BCUT2D eigenvalue weighted by Gasteiger charge is 2.36. The Hall–Kier alpha value is -1.63. The van der Waals surface area contributed by atoms with Crippen LogP contribution in [-0.4, -0.2) is 5.78 Å². The van der Waals surface area contributed by atoms with E-state index in [1.807, 2.05) is 0 Å². The van der Waals surface area contributed by atoms with Gasteiger partial charge in [-0.25, -0.2) is 0 Å². The number of Topliss-reactive ketones (excluding diaryl/α,β-unsaturated/α-hetero) is 1. The zero-order valence-electron chi connectivity index (χ0n) is 12.3. The van der Waals surface area contributed by atoms with Crippen molar-refractivity contribution in [3.05, 3.63) is 46.0 Å².